The molecule has 5 rings (SSSR count). The van der Waals surface area contributed by atoms with E-state index in [0.29, 0.717) is 38.5 Å². The number of carbonyl (C=O) groups is 1. The molecule has 0 bridgehead atoms. The number of rotatable bonds is 6. The third-order valence-corrected chi connectivity index (χ3v) is 5.84. The van der Waals surface area contributed by atoms with E-state index in [1.807, 2.05) is 66.4 Å². The molecule has 0 saturated carbocycles. The highest BCUT2D eigenvalue weighted by atomic mass is 16.7. The molecule has 0 unspecified atom stereocenters. The van der Waals surface area contributed by atoms with Crippen molar-refractivity contribution in [3.05, 3.63) is 66.5 Å². The van der Waals surface area contributed by atoms with Crippen molar-refractivity contribution in [3.8, 4) is 28.5 Å². The molecule has 2 aliphatic rings. The van der Waals surface area contributed by atoms with Gasteiger partial charge >= 0.3 is 0 Å². The summed E-state index contributed by atoms with van der Waals surface area (Å²) in [7, 11) is 0. The maximum Gasteiger partial charge on any atom is 0.246 e. The van der Waals surface area contributed by atoms with Crippen molar-refractivity contribution in [1.29, 1.82) is 0 Å². The smallest absolute Gasteiger partial charge is 0.246 e. The van der Waals surface area contributed by atoms with Gasteiger partial charge in [-0.1, -0.05) is 6.07 Å². The minimum Gasteiger partial charge on any atom is -0.494 e. The van der Waals surface area contributed by atoms with Crippen molar-refractivity contribution in [2.75, 3.05) is 44.5 Å². The molecule has 34 heavy (non-hydrogen) atoms. The number of ether oxygens (including phenoxy) is 3. The number of amides is 1. The van der Waals surface area contributed by atoms with Crippen LogP contribution in [-0.2, 0) is 4.79 Å². The van der Waals surface area contributed by atoms with Crippen LogP contribution in [0.1, 0.15) is 12.5 Å². The zero-order valence-corrected chi connectivity index (χ0v) is 19.0. The second-order valence-electron chi connectivity index (χ2n) is 7.98. The molecule has 0 atom stereocenters. The van der Waals surface area contributed by atoms with Crippen LogP contribution >= 0.6 is 0 Å². The topological polar surface area (TPSA) is 77.0 Å². The first kappa shape index (κ1) is 21.8. The molecule has 1 saturated heterocycles. The SMILES string of the molecule is CCOc1ccc(-c2cc(N3CCN(C(=O)/C=C\c4ccc5c(c4)OCO5)CC3)ncn2)cc1. The molecule has 1 fully saturated rings. The number of fused-ring (bicyclic) bond motifs is 1. The van der Waals surface area contributed by atoms with Gasteiger partial charge in [0.2, 0.25) is 12.7 Å². The van der Waals surface area contributed by atoms with E-state index in [2.05, 4.69) is 14.9 Å². The summed E-state index contributed by atoms with van der Waals surface area (Å²) in [6.07, 6.45) is 5.01. The fourth-order valence-corrected chi connectivity index (χ4v) is 4.01. The molecule has 8 heteroatoms. The molecule has 1 amide bonds. The van der Waals surface area contributed by atoms with Gasteiger partial charge in [-0.2, -0.15) is 0 Å². The summed E-state index contributed by atoms with van der Waals surface area (Å²) in [5, 5.41) is 0. The van der Waals surface area contributed by atoms with Crippen LogP contribution in [0.25, 0.3) is 17.3 Å². The summed E-state index contributed by atoms with van der Waals surface area (Å²) in [4.78, 5) is 25.6. The van der Waals surface area contributed by atoms with E-state index in [1.54, 1.807) is 12.4 Å². The third kappa shape index (κ3) is 4.80. The lowest BCUT2D eigenvalue weighted by Crippen LogP contribution is -2.48. The number of anilines is 1. The second-order valence-corrected chi connectivity index (χ2v) is 7.98. The van der Waals surface area contributed by atoms with Crippen molar-refractivity contribution in [3.63, 3.8) is 0 Å². The van der Waals surface area contributed by atoms with Gasteiger partial charge in [-0.05, 0) is 55.0 Å². The van der Waals surface area contributed by atoms with E-state index in [0.717, 1.165) is 34.1 Å². The van der Waals surface area contributed by atoms with E-state index < -0.39 is 0 Å². The maximum absolute atomic E-state index is 12.7. The fraction of sp³-hybridized carbons (Fsp3) is 0.269. The summed E-state index contributed by atoms with van der Waals surface area (Å²) in [5.41, 5.74) is 2.77. The standard InChI is InChI=1S/C26H26N4O4/c1-2-32-21-7-5-20(6-8-21)22-16-25(28-17-27-22)29-11-13-30(14-12-29)26(31)10-4-19-3-9-23-24(15-19)34-18-33-23/h3-10,15-17H,2,11-14,18H2,1H3/b10-4-. The summed E-state index contributed by atoms with van der Waals surface area (Å²) in [6, 6.07) is 15.5. The Kier molecular flexibility index (Phi) is 6.29. The molecule has 3 heterocycles. The molecule has 0 aliphatic carbocycles. The molecule has 2 aliphatic heterocycles. The number of nitrogens with zero attached hydrogens (tertiary/aromatic N) is 4. The summed E-state index contributed by atoms with van der Waals surface area (Å²) >= 11 is 0. The van der Waals surface area contributed by atoms with E-state index in [4.69, 9.17) is 14.2 Å². The van der Waals surface area contributed by atoms with Gasteiger partial charge in [-0.25, -0.2) is 9.97 Å². The number of carbonyl (C=O) groups excluding carboxylic acids is 1. The van der Waals surface area contributed by atoms with Gasteiger partial charge < -0.3 is 24.0 Å². The van der Waals surface area contributed by atoms with Crippen molar-refractivity contribution in [2.45, 2.75) is 6.92 Å². The van der Waals surface area contributed by atoms with Gasteiger partial charge in [-0.3, -0.25) is 4.79 Å². The Morgan fingerprint density at radius 2 is 1.79 bits per heavy atom. The molecule has 1 aromatic heterocycles. The van der Waals surface area contributed by atoms with E-state index in [1.165, 1.54) is 0 Å². The van der Waals surface area contributed by atoms with Crippen molar-refractivity contribution in [2.24, 2.45) is 0 Å². The first-order valence-corrected chi connectivity index (χ1v) is 11.4. The lowest BCUT2D eigenvalue weighted by Gasteiger charge is -2.35. The van der Waals surface area contributed by atoms with Crippen molar-refractivity contribution in [1.82, 2.24) is 14.9 Å². The highest BCUT2D eigenvalue weighted by Gasteiger charge is 2.21. The minimum absolute atomic E-state index is 0.00455. The van der Waals surface area contributed by atoms with Crippen LogP contribution < -0.4 is 19.1 Å². The zero-order valence-electron chi connectivity index (χ0n) is 19.0. The second kappa shape index (κ2) is 9.82. The van der Waals surface area contributed by atoms with Gasteiger partial charge in [0.15, 0.2) is 11.5 Å². The molecule has 0 spiro atoms. The van der Waals surface area contributed by atoms with Gasteiger partial charge in [0.25, 0.3) is 0 Å². The normalized spacial score (nSPS) is 15.1. The monoisotopic (exact) mass is 458 g/mol. The third-order valence-electron chi connectivity index (χ3n) is 5.84. The quantitative estimate of drug-likeness (QED) is 0.522. The van der Waals surface area contributed by atoms with Gasteiger partial charge in [0, 0.05) is 43.9 Å². The predicted octanol–water partition coefficient (Wildman–Crippen LogP) is 3.63. The van der Waals surface area contributed by atoms with Crippen LogP contribution in [-0.4, -0.2) is 60.4 Å². The Balaban J connectivity index is 1.19. The fourth-order valence-electron chi connectivity index (χ4n) is 4.01. The van der Waals surface area contributed by atoms with Gasteiger partial charge in [0.1, 0.15) is 17.9 Å². The average molecular weight is 459 g/mol. The molecule has 8 nitrogen and oxygen atoms in total. The minimum atomic E-state index is -0.00455. The molecule has 3 aromatic rings. The van der Waals surface area contributed by atoms with Crippen LogP contribution in [0.15, 0.2) is 60.9 Å². The molecular formula is C26H26N4O4. The lowest BCUT2D eigenvalue weighted by atomic mass is 10.1. The number of benzene rings is 2. The van der Waals surface area contributed by atoms with Gasteiger partial charge in [-0.15, -0.1) is 0 Å². The first-order valence-electron chi connectivity index (χ1n) is 11.4. The number of aromatic nitrogens is 2. The Bertz CT molecular complexity index is 1190. The summed E-state index contributed by atoms with van der Waals surface area (Å²) < 4.78 is 16.2. The van der Waals surface area contributed by atoms with Crippen LogP contribution in [0.3, 0.4) is 0 Å². The highest BCUT2D eigenvalue weighted by molar-refractivity contribution is 5.92. The Labute approximate surface area is 198 Å². The summed E-state index contributed by atoms with van der Waals surface area (Å²) in [6.45, 7) is 5.53. The van der Waals surface area contributed by atoms with E-state index in [-0.39, 0.29) is 12.7 Å². The van der Waals surface area contributed by atoms with Crippen LogP contribution in [0.2, 0.25) is 0 Å². The van der Waals surface area contributed by atoms with Gasteiger partial charge in [0.05, 0.1) is 12.3 Å². The zero-order chi connectivity index (χ0) is 23.3. The molecule has 2 aromatic carbocycles. The van der Waals surface area contributed by atoms with Crippen molar-refractivity contribution < 1.29 is 19.0 Å². The number of piperazine rings is 1. The molecule has 174 valence electrons. The maximum atomic E-state index is 12.7. The average Bonchev–Trinajstić information content (AvgIpc) is 3.36. The highest BCUT2D eigenvalue weighted by Crippen LogP contribution is 2.32. The summed E-state index contributed by atoms with van der Waals surface area (Å²) in [5.74, 6) is 3.14. The van der Waals surface area contributed by atoms with E-state index >= 15 is 0 Å². The van der Waals surface area contributed by atoms with Crippen molar-refractivity contribution >= 4 is 17.8 Å². The Morgan fingerprint density at radius 3 is 2.59 bits per heavy atom. The number of hydrogen-bond donors (Lipinski definition) is 0. The lowest BCUT2D eigenvalue weighted by molar-refractivity contribution is -0.126. The number of hydrogen-bond acceptors (Lipinski definition) is 7. The van der Waals surface area contributed by atoms with E-state index in [9.17, 15) is 4.79 Å². The Morgan fingerprint density at radius 1 is 1.00 bits per heavy atom. The Hall–Kier alpha value is -4.07. The first-order chi connectivity index (χ1) is 16.7. The van der Waals surface area contributed by atoms with Crippen LogP contribution in [0, 0.1) is 0 Å². The van der Waals surface area contributed by atoms with Crippen LogP contribution in [0.4, 0.5) is 5.82 Å². The molecule has 0 radical (unpaired) electrons. The molecular weight excluding hydrogens is 432 g/mol. The predicted molar refractivity (Wildman–Crippen MR) is 129 cm³/mol. The largest absolute Gasteiger partial charge is 0.494 e. The molecule has 0 N–H and O–H groups in total. The van der Waals surface area contributed by atoms with Crippen LogP contribution in [0.5, 0.6) is 17.2 Å².